The van der Waals surface area contributed by atoms with Crippen LogP contribution in [0, 0.1) is 0 Å². The number of halogens is 1. The van der Waals surface area contributed by atoms with E-state index in [1.54, 1.807) is 11.0 Å². The Labute approximate surface area is 222 Å². The summed E-state index contributed by atoms with van der Waals surface area (Å²) in [6.45, 7) is 9.92. The van der Waals surface area contributed by atoms with Crippen molar-refractivity contribution < 1.29 is 14.3 Å². The number of anilines is 1. The topological polar surface area (TPSA) is 54.9 Å². The third-order valence-electron chi connectivity index (χ3n) is 5.74. The first-order chi connectivity index (χ1) is 17.1. The lowest BCUT2D eigenvalue weighted by Crippen LogP contribution is -2.38. The van der Waals surface area contributed by atoms with Gasteiger partial charge in [0.2, 0.25) is 0 Å². The van der Waals surface area contributed by atoms with Crippen molar-refractivity contribution in [2.24, 2.45) is 0 Å². The quantitative estimate of drug-likeness (QED) is 0.213. The van der Waals surface area contributed by atoms with E-state index in [-0.39, 0.29) is 18.3 Å². The number of hydrogen-bond donors (Lipinski definition) is 0. The van der Waals surface area contributed by atoms with Crippen LogP contribution in [0.15, 0.2) is 72.8 Å². The van der Waals surface area contributed by atoms with Crippen LogP contribution < -0.4 is 14.4 Å². The minimum atomic E-state index is -0.104. The minimum absolute atomic E-state index is 0. The summed E-state index contributed by atoms with van der Waals surface area (Å²) < 4.78 is 12.7. The number of likely N-dealkylation sites (N-methyl/N-ethyl adjacent to an activating group) is 1. The molecule has 1 aromatic heterocycles. The fourth-order valence-corrected chi connectivity index (χ4v) is 4.84. The highest BCUT2D eigenvalue weighted by molar-refractivity contribution is 7.22. The zero-order valence-corrected chi connectivity index (χ0v) is 22.5. The number of para-hydroxylation sites is 2. The average Bonchev–Trinajstić information content (AvgIpc) is 3.32. The molecule has 0 N–H and O–H groups in total. The first-order valence-corrected chi connectivity index (χ1v) is 12.8. The number of thiazole rings is 1. The number of benzene rings is 3. The van der Waals surface area contributed by atoms with Crippen molar-refractivity contribution >= 4 is 45.0 Å². The normalized spacial score (nSPS) is 10.8. The zero-order valence-electron chi connectivity index (χ0n) is 20.8. The van der Waals surface area contributed by atoms with Gasteiger partial charge in [0.15, 0.2) is 5.13 Å². The second kappa shape index (κ2) is 13.3. The Kier molecular flexibility index (Phi) is 10.1. The molecule has 0 aliphatic carbocycles. The lowest BCUT2D eigenvalue weighted by Gasteiger charge is -2.25. The number of fused-ring (bicyclic) bond motifs is 1. The van der Waals surface area contributed by atoms with Gasteiger partial charge in [-0.3, -0.25) is 9.69 Å². The van der Waals surface area contributed by atoms with E-state index in [2.05, 4.69) is 18.7 Å². The van der Waals surface area contributed by atoms with Gasteiger partial charge < -0.3 is 14.4 Å². The van der Waals surface area contributed by atoms with E-state index in [0.717, 1.165) is 41.3 Å². The SMILES string of the molecule is CCOc1cccc2sc(N(CCN(CC)CC)C(=O)c3cccc(Oc4ccccc4)c3)nc12.Cl. The van der Waals surface area contributed by atoms with Gasteiger partial charge in [-0.1, -0.05) is 55.5 Å². The van der Waals surface area contributed by atoms with E-state index in [0.29, 0.717) is 29.6 Å². The number of aromatic nitrogens is 1. The van der Waals surface area contributed by atoms with E-state index < -0.39 is 0 Å². The predicted molar refractivity (Wildman–Crippen MR) is 150 cm³/mol. The molecule has 8 heteroatoms. The largest absolute Gasteiger partial charge is 0.492 e. The summed E-state index contributed by atoms with van der Waals surface area (Å²) in [7, 11) is 0. The average molecular weight is 526 g/mol. The summed E-state index contributed by atoms with van der Waals surface area (Å²) >= 11 is 1.51. The molecular weight excluding hydrogens is 494 g/mol. The molecule has 4 rings (SSSR count). The molecule has 0 fully saturated rings. The number of amides is 1. The summed E-state index contributed by atoms with van der Waals surface area (Å²) in [5.74, 6) is 1.98. The van der Waals surface area contributed by atoms with Gasteiger partial charge in [-0.2, -0.15) is 0 Å². The maximum atomic E-state index is 13.8. The molecule has 0 saturated heterocycles. The molecule has 3 aromatic carbocycles. The molecule has 0 bridgehead atoms. The Bertz CT molecular complexity index is 1260. The van der Waals surface area contributed by atoms with Gasteiger partial charge in [-0.25, -0.2) is 4.98 Å². The molecule has 0 spiro atoms. The van der Waals surface area contributed by atoms with Crippen LogP contribution in [0.4, 0.5) is 5.13 Å². The molecule has 0 atom stereocenters. The van der Waals surface area contributed by atoms with Gasteiger partial charge in [0.25, 0.3) is 5.91 Å². The van der Waals surface area contributed by atoms with Crippen molar-refractivity contribution in [2.45, 2.75) is 20.8 Å². The standard InChI is InChI=1S/C28H31N3O3S.ClH/c1-4-30(5-2)18-19-31(28-29-26-24(33-6-3)16-11-17-25(26)35-28)27(32)21-12-10-15-23(20-21)34-22-13-8-7-9-14-22;/h7-17,20H,4-6,18-19H2,1-3H3;1H. The maximum absolute atomic E-state index is 13.8. The van der Waals surface area contributed by atoms with Crippen molar-refractivity contribution in [3.8, 4) is 17.2 Å². The van der Waals surface area contributed by atoms with Crippen LogP contribution in [0.2, 0.25) is 0 Å². The van der Waals surface area contributed by atoms with Gasteiger partial charge >= 0.3 is 0 Å². The van der Waals surface area contributed by atoms with Crippen molar-refractivity contribution in [3.63, 3.8) is 0 Å². The van der Waals surface area contributed by atoms with Crippen molar-refractivity contribution in [2.75, 3.05) is 37.7 Å². The van der Waals surface area contributed by atoms with Crippen LogP contribution >= 0.6 is 23.7 Å². The summed E-state index contributed by atoms with van der Waals surface area (Å²) in [6.07, 6.45) is 0. The molecule has 36 heavy (non-hydrogen) atoms. The van der Waals surface area contributed by atoms with Gasteiger partial charge in [-0.05, 0) is 62.5 Å². The van der Waals surface area contributed by atoms with Crippen LogP contribution in [0.1, 0.15) is 31.1 Å². The smallest absolute Gasteiger partial charge is 0.260 e. The van der Waals surface area contributed by atoms with Gasteiger partial charge in [0.05, 0.1) is 11.3 Å². The molecular formula is C28H32ClN3O3S. The molecule has 0 radical (unpaired) electrons. The highest BCUT2D eigenvalue weighted by Crippen LogP contribution is 2.35. The molecule has 6 nitrogen and oxygen atoms in total. The van der Waals surface area contributed by atoms with E-state index in [4.69, 9.17) is 14.5 Å². The van der Waals surface area contributed by atoms with Crippen LogP contribution in [0.25, 0.3) is 10.2 Å². The second-order valence-corrected chi connectivity index (χ2v) is 8.97. The van der Waals surface area contributed by atoms with Gasteiger partial charge in [0, 0.05) is 18.7 Å². The summed E-state index contributed by atoms with van der Waals surface area (Å²) in [6, 6.07) is 22.8. The van der Waals surface area contributed by atoms with Gasteiger partial charge in [0.1, 0.15) is 22.8 Å². The fraction of sp³-hybridized carbons (Fsp3) is 0.286. The Hall–Kier alpha value is -3.13. The van der Waals surface area contributed by atoms with Crippen LogP contribution in [0.5, 0.6) is 17.2 Å². The van der Waals surface area contributed by atoms with Crippen LogP contribution in [0.3, 0.4) is 0 Å². The van der Waals surface area contributed by atoms with E-state index in [1.807, 2.05) is 73.7 Å². The van der Waals surface area contributed by atoms with Crippen molar-refractivity contribution in [1.29, 1.82) is 0 Å². The zero-order chi connectivity index (χ0) is 24.6. The Morgan fingerprint density at radius 2 is 1.61 bits per heavy atom. The Morgan fingerprint density at radius 1 is 0.889 bits per heavy atom. The van der Waals surface area contributed by atoms with E-state index >= 15 is 0 Å². The summed E-state index contributed by atoms with van der Waals surface area (Å²) in [5.41, 5.74) is 1.35. The monoisotopic (exact) mass is 525 g/mol. The molecule has 0 unspecified atom stereocenters. The number of ether oxygens (including phenoxy) is 2. The number of rotatable bonds is 11. The number of nitrogens with zero attached hydrogens (tertiary/aromatic N) is 3. The lowest BCUT2D eigenvalue weighted by atomic mass is 10.2. The first-order valence-electron chi connectivity index (χ1n) is 12.0. The Morgan fingerprint density at radius 3 is 2.33 bits per heavy atom. The first kappa shape index (κ1) is 27.5. The van der Waals surface area contributed by atoms with E-state index in [1.165, 1.54) is 11.3 Å². The molecule has 190 valence electrons. The van der Waals surface area contributed by atoms with Crippen molar-refractivity contribution in [1.82, 2.24) is 9.88 Å². The highest BCUT2D eigenvalue weighted by Gasteiger charge is 2.23. The summed E-state index contributed by atoms with van der Waals surface area (Å²) in [4.78, 5) is 22.7. The van der Waals surface area contributed by atoms with Gasteiger partial charge in [-0.15, -0.1) is 12.4 Å². The summed E-state index contributed by atoms with van der Waals surface area (Å²) in [5, 5.41) is 0.665. The fourth-order valence-electron chi connectivity index (χ4n) is 3.84. The Balaban J connectivity index is 0.00000361. The molecule has 0 aliphatic rings. The highest BCUT2D eigenvalue weighted by atomic mass is 35.5. The van der Waals surface area contributed by atoms with Crippen LogP contribution in [-0.4, -0.2) is 48.6 Å². The third-order valence-corrected chi connectivity index (χ3v) is 6.78. The number of carbonyl (C=O) groups is 1. The lowest BCUT2D eigenvalue weighted by molar-refractivity contribution is 0.0983. The number of hydrogen-bond acceptors (Lipinski definition) is 6. The molecule has 1 amide bonds. The van der Waals surface area contributed by atoms with Crippen molar-refractivity contribution in [3.05, 3.63) is 78.4 Å². The minimum Gasteiger partial charge on any atom is -0.492 e. The predicted octanol–water partition coefficient (Wildman–Crippen LogP) is 6.90. The van der Waals surface area contributed by atoms with Crippen LogP contribution in [-0.2, 0) is 0 Å². The third kappa shape index (κ3) is 6.55. The maximum Gasteiger partial charge on any atom is 0.260 e. The molecule has 0 saturated carbocycles. The molecule has 4 aromatic rings. The second-order valence-electron chi connectivity index (χ2n) is 7.96. The number of carbonyl (C=O) groups excluding carboxylic acids is 1. The molecule has 0 aliphatic heterocycles. The van der Waals surface area contributed by atoms with E-state index in [9.17, 15) is 4.79 Å². The molecule has 1 heterocycles.